The first-order valence-corrected chi connectivity index (χ1v) is 10.8. The molecule has 35 heavy (non-hydrogen) atoms. The van der Waals surface area contributed by atoms with E-state index in [4.69, 9.17) is 14.2 Å². The summed E-state index contributed by atoms with van der Waals surface area (Å²) in [5.74, 6) is 1.40. The van der Waals surface area contributed by atoms with E-state index in [1.165, 1.54) is 13.2 Å². The van der Waals surface area contributed by atoms with Crippen LogP contribution in [0.3, 0.4) is 0 Å². The van der Waals surface area contributed by atoms with Gasteiger partial charge in [-0.2, -0.15) is 5.10 Å². The molecule has 3 aromatic carbocycles. The number of aryl methyl sites for hydroxylation is 1. The molecular formula is C25H25BFN3O5. The number of benzene rings is 3. The summed E-state index contributed by atoms with van der Waals surface area (Å²) in [6, 6.07) is 13.7. The van der Waals surface area contributed by atoms with E-state index < -0.39 is 12.9 Å². The number of hydrogen-bond donors (Lipinski definition) is 2. The molecule has 180 valence electrons. The largest absolute Gasteiger partial charge is 0.497 e. The van der Waals surface area contributed by atoms with E-state index in [0.29, 0.717) is 34.1 Å². The van der Waals surface area contributed by atoms with Crippen molar-refractivity contribution < 1.29 is 28.6 Å². The van der Waals surface area contributed by atoms with Crippen molar-refractivity contribution in [1.29, 1.82) is 0 Å². The maximum atomic E-state index is 14.3. The number of hydrogen-bond acceptors (Lipinski definition) is 8. The first kappa shape index (κ1) is 24.2. The summed E-state index contributed by atoms with van der Waals surface area (Å²) in [6.45, 7) is 1.85. The van der Waals surface area contributed by atoms with E-state index in [0.717, 1.165) is 22.5 Å². The fourth-order valence-corrected chi connectivity index (χ4v) is 4.02. The number of halogens is 1. The van der Waals surface area contributed by atoms with Gasteiger partial charge in [-0.05, 0) is 42.8 Å². The summed E-state index contributed by atoms with van der Waals surface area (Å²) >= 11 is 0. The van der Waals surface area contributed by atoms with Crippen LogP contribution in [-0.2, 0) is 0 Å². The molecule has 0 radical (unpaired) electrons. The van der Waals surface area contributed by atoms with Crippen molar-refractivity contribution in [3.05, 3.63) is 60.0 Å². The van der Waals surface area contributed by atoms with Crippen molar-refractivity contribution >= 4 is 34.9 Å². The Bertz CT molecular complexity index is 1400. The lowest BCUT2D eigenvalue weighted by Crippen LogP contribution is -2.32. The SMILES string of the molecule is COc1ccc(N(C)c2nnc(C)c3cc(-c4cc(B(O)O)c(F)cc4OC)ccc23)c(OC)c1. The topological polar surface area (TPSA) is 97.2 Å². The van der Waals surface area contributed by atoms with Crippen molar-refractivity contribution in [3.63, 3.8) is 0 Å². The average molecular weight is 477 g/mol. The van der Waals surface area contributed by atoms with Gasteiger partial charge in [-0.25, -0.2) is 4.39 Å². The van der Waals surface area contributed by atoms with Gasteiger partial charge in [0.25, 0.3) is 0 Å². The van der Waals surface area contributed by atoms with E-state index in [2.05, 4.69) is 10.2 Å². The predicted octanol–water partition coefficient (Wildman–Crippen LogP) is 3.22. The van der Waals surface area contributed by atoms with Gasteiger partial charge in [-0.3, -0.25) is 0 Å². The molecular weight excluding hydrogens is 452 g/mol. The van der Waals surface area contributed by atoms with Crippen molar-refractivity contribution in [2.24, 2.45) is 0 Å². The Morgan fingerprint density at radius 3 is 2.26 bits per heavy atom. The Morgan fingerprint density at radius 2 is 1.60 bits per heavy atom. The fourth-order valence-electron chi connectivity index (χ4n) is 4.02. The second-order valence-corrected chi connectivity index (χ2v) is 7.91. The Labute approximate surface area is 202 Å². The van der Waals surface area contributed by atoms with E-state index in [1.807, 2.05) is 49.2 Å². The molecule has 0 saturated heterocycles. The minimum absolute atomic E-state index is 0.238. The second-order valence-electron chi connectivity index (χ2n) is 7.91. The van der Waals surface area contributed by atoms with Gasteiger partial charge in [-0.1, -0.05) is 6.07 Å². The van der Waals surface area contributed by atoms with Crippen LogP contribution in [0, 0.1) is 12.7 Å². The number of aromatic nitrogens is 2. The van der Waals surface area contributed by atoms with Gasteiger partial charge in [0.2, 0.25) is 0 Å². The van der Waals surface area contributed by atoms with Crippen LogP contribution in [0.25, 0.3) is 21.9 Å². The molecule has 0 spiro atoms. The smallest absolute Gasteiger partial charge is 0.491 e. The van der Waals surface area contributed by atoms with Gasteiger partial charge >= 0.3 is 7.12 Å². The highest BCUT2D eigenvalue weighted by atomic mass is 19.1. The summed E-state index contributed by atoms with van der Waals surface area (Å²) in [5, 5.41) is 29.6. The summed E-state index contributed by atoms with van der Waals surface area (Å²) in [5.41, 5.74) is 2.45. The van der Waals surface area contributed by atoms with Gasteiger partial charge in [0.05, 0.1) is 32.7 Å². The van der Waals surface area contributed by atoms with Crippen LogP contribution in [0.15, 0.2) is 48.5 Å². The third-order valence-electron chi connectivity index (χ3n) is 5.92. The van der Waals surface area contributed by atoms with E-state index >= 15 is 0 Å². The zero-order chi connectivity index (χ0) is 25.3. The molecule has 0 bridgehead atoms. The Morgan fingerprint density at radius 1 is 0.857 bits per heavy atom. The van der Waals surface area contributed by atoms with Crippen LogP contribution < -0.4 is 24.6 Å². The third kappa shape index (κ3) is 4.45. The van der Waals surface area contributed by atoms with Crippen LogP contribution in [0.2, 0.25) is 0 Å². The van der Waals surface area contributed by atoms with Crippen molar-refractivity contribution in [1.82, 2.24) is 10.2 Å². The molecule has 0 aliphatic rings. The zero-order valence-corrected chi connectivity index (χ0v) is 20.0. The third-order valence-corrected chi connectivity index (χ3v) is 5.92. The lowest BCUT2D eigenvalue weighted by molar-refractivity contribution is 0.395. The molecule has 4 rings (SSSR count). The molecule has 0 unspecified atom stereocenters. The van der Waals surface area contributed by atoms with Gasteiger partial charge in [0, 0.05) is 41.0 Å². The quantitative estimate of drug-likeness (QED) is 0.392. The summed E-state index contributed by atoms with van der Waals surface area (Å²) in [4.78, 5) is 1.88. The Hall–Kier alpha value is -3.89. The van der Waals surface area contributed by atoms with Crippen LogP contribution in [0.5, 0.6) is 17.2 Å². The minimum atomic E-state index is -1.95. The lowest BCUT2D eigenvalue weighted by Gasteiger charge is -2.23. The Balaban J connectivity index is 1.86. The molecule has 0 amide bonds. The van der Waals surface area contributed by atoms with E-state index in [9.17, 15) is 14.4 Å². The molecule has 4 aromatic rings. The number of fused-ring (bicyclic) bond motifs is 1. The van der Waals surface area contributed by atoms with E-state index in [1.54, 1.807) is 20.3 Å². The van der Waals surface area contributed by atoms with Crippen molar-refractivity contribution in [3.8, 4) is 28.4 Å². The zero-order valence-electron chi connectivity index (χ0n) is 20.0. The first-order valence-electron chi connectivity index (χ1n) is 10.8. The molecule has 1 aromatic heterocycles. The normalized spacial score (nSPS) is 10.9. The van der Waals surface area contributed by atoms with Gasteiger partial charge < -0.3 is 29.2 Å². The molecule has 0 aliphatic carbocycles. The highest BCUT2D eigenvalue weighted by Gasteiger charge is 2.22. The van der Waals surface area contributed by atoms with Gasteiger partial charge in [0.15, 0.2) is 5.82 Å². The number of anilines is 2. The lowest BCUT2D eigenvalue weighted by atomic mass is 9.78. The van der Waals surface area contributed by atoms with Gasteiger partial charge in [0.1, 0.15) is 23.1 Å². The van der Waals surface area contributed by atoms with E-state index in [-0.39, 0.29) is 11.2 Å². The average Bonchev–Trinajstić information content (AvgIpc) is 2.87. The highest BCUT2D eigenvalue weighted by molar-refractivity contribution is 6.58. The summed E-state index contributed by atoms with van der Waals surface area (Å²) < 4.78 is 30.5. The number of ether oxygens (including phenoxy) is 3. The van der Waals surface area contributed by atoms with Gasteiger partial charge in [-0.15, -0.1) is 5.10 Å². The van der Waals surface area contributed by atoms with Crippen LogP contribution in [0.1, 0.15) is 5.69 Å². The molecule has 2 N–H and O–H groups in total. The molecule has 10 heteroatoms. The van der Waals surface area contributed by atoms with Crippen molar-refractivity contribution in [2.45, 2.75) is 6.92 Å². The standard InChI is InChI=1S/C25H25BFN3O5/c1-14-18-10-15(19-12-20(26(31)32)21(27)13-23(19)34-4)6-8-17(18)25(29-28-14)30(2)22-9-7-16(33-3)11-24(22)35-5/h6-13,31-32H,1-5H3. The summed E-state index contributed by atoms with van der Waals surface area (Å²) in [6.07, 6.45) is 0. The predicted molar refractivity (Wildman–Crippen MR) is 134 cm³/mol. The molecule has 0 aliphatic heterocycles. The second kappa shape index (κ2) is 9.77. The Kier molecular flexibility index (Phi) is 6.77. The number of rotatable bonds is 7. The summed E-state index contributed by atoms with van der Waals surface area (Å²) in [7, 11) is 4.53. The number of methoxy groups -OCH3 is 3. The van der Waals surface area contributed by atoms with Crippen molar-refractivity contribution in [2.75, 3.05) is 33.3 Å². The monoisotopic (exact) mass is 477 g/mol. The fraction of sp³-hybridized carbons (Fsp3) is 0.200. The molecule has 0 fully saturated rings. The first-order chi connectivity index (χ1) is 16.8. The molecule has 1 heterocycles. The van der Waals surface area contributed by atoms with Crippen LogP contribution in [0.4, 0.5) is 15.9 Å². The minimum Gasteiger partial charge on any atom is -0.497 e. The molecule has 8 nitrogen and oxygen atoms in total. The highest BCUT2D eigenvalue weighted by Crippen LogP contribution is 2.39. The number of nitrogens with zero attached hydrogens (tertiary/aromatic N) is 3. The van der Waals surface area contributed by atoms with Crippen LogP contribution in [-0.4, -0.2) is 55.7 Å². The molecule has 0 atom stereocenters. The van der Waals surface area contributed by atoms with Crippen LogP contribution >= 0.6 is 0 Å². The maximum Gasteiger partial charge on any atom is 0.491 e. The maximum absolute atomic E-state index is 14.3. The molecule has 0 saturated carbocycles.